The van der Waals surface area contributed by atoms with Crippen LogP contribution in [0.3, 0.4) is 0 Å². The highest BCUT2D eigenvalue weighted by Gasteiger charge is 2.33. The molecule has 1 aliphatic carbocycles. The van der Waals surface area contributed by atoms with Crippen LogP contribution in [0.2, 0.25) is 5.02 Å². The first-order valence-electron chi connectivity index (χ1n) is 7.14. The summed E-state index contributed by atoms with van der Waals surface area (Å²) in [7, 11) is 0. The number of rotatable bonds is 6. The van der Waals surface area contributed by atoms with Gasteiger partial charge in [0.15, 0.2) is 0 Å². The van der Waals surface area contributed by atoms with E-state index in [4.69, 9.17) is 22.1 Å². The van der Waals surface area contributed by atoms with Gasteiger partial charge in [-0.15, -0.1) is 12.4 Å². The van der Waals surface area contributed by atoms with Crippen LogP contribution in [0.5, 0.6) is 5.75 Å². The minimum Gasteiger partial charge on any atom is -0.492 e. The van der Waals surface area contributed by atoms with Crippen LogP contribution >= 0.6 is 39.9 Å². The lowest BCUT2D eigenvalue weighted by Crippen LogP contribution is -2.51. The first-order valence-corrected chi connectivity index (χ1v) is 8.31. The topological polar surface area (TPSA) is 64.3 Å². The second-order valence-corrected chi connectivity index (χ2v) is 6.70. The molecular formula is C15H21BrCl2N2O2. The second kappa shape index (κ2) is 8.96. The van der Waals surface area contributed by atoms with Crippen LogP contribution in [0.15, 0.2) is 22.7 Å². The molecule has 1 aliphatic rings. The Morgan fingerprint density at radius 1 is 1.41 bits per heavy atom. The van der Waals surface area contributed by atoms with Crippen molar-refractivity contribution in [3.8, 4) is 5.75 Å². The van der Waals surface area contributed by atoms with Gasteiger partial charge in [-0.05, 0) is 47.0 Å². The molecule has 1 fully saturated rings. The van der Waals surface area contributed by atoms with Crippen molar-refractivity contribution >= 4 is 45.8 Å². The molecule has 0 radical (unpaired) electrons. The van der Waals surface area contributed by atoms with Crippen molar-refractivity contribution in [1.29, 1.82) is 0 Å². The quantitative estimate of drug-likeness (QED) is 0.750. The van der Waals surface area contributed by atoms with E-state index >= 15 is 0 Å². The molecule has 0 aromatic heterocycles. The van der Waals surface area contributed by atoms with E-state index in [1.54, 1.807) is 18.2 Å². The number of ether oxygens (including phenoxy) is 1. The fraction of sp³-hybridized carbons (Fsp3) is 0.533. The van der Waals surface area contributed by atoms with E-state index in [2.05, 4.69) is 21.2 Å². The number of hydrogen-bond acceptors (Lipinski definition) is 3. The standard InChI is InChI=1S/C15H20BrClN2O2.ClH/c16-12-9-11(17)3-4-13(12)21-8-5-14(20)19-15(10-18)6-1-2-7-15;/h3-4,9H,1-2,5-8,10,18H2,(H,19,20);1H. The van der Waals surface area contributed by atoms with E-state index in [0.29, 0.717) is 30.3 Å². The molecule has 1 saturated carbocycles. The van der Waals surface area contributed by atoms with Gasteiger partial charge in [0, 0.05) is 11.6 Å². The fourth-order valence-electron chi connectivity index (χ4n) is 2.64. The molecule has 4 nitrogen and oxygen atoms in total. The van der Waals surface area contributed by atoms with Gasteiger partial charge in [-0.2, -0.15) is 0 Å². The first kappa shape index (κ1) is 19.6. The monoisotopic (exact) mass is 410 g/mol. The molecule has 124 valence electrons. The maximum atomic E-state index is 12.0. The molecule has 1 aromatic rings. The van der Waals surface area contributed by atoms with E-state index in [1.807, 2.05) is 0 Å². The van der Waals surface area contributed by atoms with Crippen LogP contribution in [0, 0.1) is 0 Å². The minimum absolute atomic E-state index is 0. The van der Waals surface area contributed by atoms with Crippen LogP contribution in [0.1, 0.15) is 32.1 Å². The third-order valence-electron chi connectivity index (χ3n) is 3.84. The van der Waals surface area contributed by atoms with Gasteiger partial charge in [0.1, 0.15) is 5.75 Å². The van der Waals surface area contributed by atoms with Crippen LogP contribution in [-0.4, -0.2) is 24.6 Å². The van der Waals surface area contributed by atoms with Gasteiger partial charge in [-0.1, -0.05) is 24.4 Å². The Bertz CT molecular complexity index is 508. The Balaban J connectivity index is 0.00000242. The SMILES string of the molecule is Cl.NCC1(NC(=O)CCOc2ccc(Cl)cc2Br)CCCC1. The molecule has 0 heterocycles. The second-order valence-electron chi connectivity index (χ2n) is 5.41. The lowest BCUT2D eigenvalue weighted by Gasteiger charge is -2.28. The van der Waals surface area contributed by atoms with Gasteiger partial charge in [0.05, 0.1) is 23.0 Å². The maximum absolute atomic E-state index is 12.0. The van der Waals surface area contributed by atoms with Gasteiger partial charge in [0.2, 0.25) is 5.91 Å². The van der Waals surface area contributed by atoms with Crippen molar-refractivity contribution < 1.29 is 9.53 Å². The van der Waals surface area contributed by atoms with Crippen LogP contribution in [0.4, 0.5) is 0 Å². The Kier molecular flexibility index (Phi) is 7.97. The summed E-state index contributed by atoms with van der Waals surface area (Å²) in [6, 6.07) is 5.30. The average molecular weight is 412 g/mol. The summed E-state index contributed by atoms with van der Waals surface area (Å²) in [4.78, 5) is 12.0. The zero-order valence-electron chi connectivity index (χ0n) is 12.2. The summed E-state index contributed by atoms with van der Waals surface area (Å²) in [6.07, 6.45) is 4.52. The van der Waals surface area contributed by atoms with Crippen molar-refractivity contribution in [2.45, 2.75) is 37.6 Å². The third kappa shape index (κ3) is 5.30. The molecule has 1 amide bonds. The zero-order valence-corrected chi connectivity index (χ0v) is 15.4. The summed E-state index contributed by atoms with van der Waals surface area (Å²) in [6.45, 7) is 0.828. The normalized spacial score (nSPS) is 16.0. The molecule has 2 rings (SSSR count). The number of hydrogen-bond donors (Lipinski definition) is 2. The lowest BCUT2D eigenvalue weighted by molar-refractivity contribution is -0.123. The predicted molar refractivity (Wildman–Crippen MR) is 94.9 cm³/mol. The predicted octanol–water partition coefficient (Wildman–Crippen LogP) is 3.68. The number of carbonyl (C=O) groups is 1. The Labute approximate surface area is 150 Å². The first-order chi connectivity index (χ1) is 10.0. The van der Waals surface area contributed by atoms with Gasteiger partial charge >= 0.3 is 0 Å². The smallest absolute Gasteiger partial charge is 0.223 e. The molecule has 3 N–H and O–H groups in total. The maximum Gasteiger partial charge on any atom is 0.223 e. The van der Waals surface area contributed by atoms with Crippen molar-refractivity contribution in [3.63, 3.8) is 0 Å². The van der Waals surface area contributed by atoms with Gasteiger partial charge in [-0.25, -0.2) is 0 Å². The molecule has 22 heavy (non-hydrogen) atoms. The Morgan fingerprint density at radius 3 is 2.68 bits per heavy atom. The molecule has 0 atom stereocenters. The lowest BCUT2D eigenvalue weighted by atomic mass is 9.98. The number of halogens is 3. The van der Waals surface area contributed by atoms with Crippen LogP contribution in [0.25, 0.3) is 0 Å². The molecular weight excluding hydrogens is 391 g/mol. The van der Waals surface area contributed by atoms with E-state index in [-0.39, 0.29) is 23.9 Å². The minimum atomic E-state index is -0.196. The average Bonchev–Trinajstić information content (AvgIpc) is 2.90. The number of amides is 1. The Morgan fingerprint density at radius 2 is 2.09 bits per heavy atom. The van der Waals surface area contributed by atoms with Crippen LogP contribution in [-0.2, 0) is 4.79 Å². The summed E-state index contributed by atoms with van der Waals surface area (Å²) in [5, 5.41) is 3.71. The van der Waals surface area contributed by atoms with E-state index in [9.17, 15) is 4.79 Å². The molecule has 7 heteroatoms. The summed E-state index contributed by atoms with van der Waals surface area (Å²) in [5.74, 6) is 0.675. The summed E-state index contributed by atoms with van der Waals surface area (Å²) >= 11 is 9.24. The van der Waals surface area contributed by atoms with Crippen molar-refractivity contribution in [2.75, 3.05) is 13.2 Å². The van der Waals surface area contributed by atoms with Crippen molar-refractivity contribution in [3.05, 3.63) is 27.7 Å². The molecule has 0 spiro atoms. The number of nitrogens with two attached hydrogens (primary N) is 1. The highest BCUT2D eigenvalue weighted by molar-refractivity contribution is 9.10. The van der Waals surface area contributed by atoms with Crippen LogP contribution < -0.4 is 15.8 Å². The fourth-order valence-corrected chi connectivity index (χ4v) is 3.43. The highest BCUT2D eigenvalue weighted by atomic mass is 79.9. The van der Waals surface area contributed by atoms with Crippen molar-refractivity contribution in [2.24, 2.45) is 5.73 Å². The van der Waals surface area contributed by atoms with E-state index in [1.165, 1.54) is 0 Å². The molecule has 0 unspecified atom stereocenters. The van der Waals surface area contributed by atoms with E-state index < -0.39 is 0 Å². The van der Waals surface area contributed by atoms with Gasteiger partial charge < -0.3 is 15.8 Å². The number of benzene rings is 1. The number of nitrogens with one attached hydrogen (secondary N) is 1. The molecule has 0 bridgehead atoms. The van der Waals surface area contributed by atoms with Crippen molar-refractivity contribution in [1.82, 2.24) is 5.32 Å². The zero-order chi connectivity index (χ0) is 15.3. The largest absolute Gasteiger partial charge is 0.492 e. The number of carbonyl (C=O) groups excluding carboxylic acids is 1. The van der Waals surface area contributed by atoms with Gasteiger partial charge in [-0.3, -0.25) is 4.79 Å². The van der Waals surface area contributed by atoms with E-state index in [0.717, 1.165) is 30.2 Å². The summed E-state index contributed by atoms with van der Waals surface area (Å²) < 4.78 is 6.38. The summed E-state index contributed by atoms with van der Waals surface area (Å²) in [5.41, 5.74) is 5.61. The molecule has 0 saturated heterocycles. The Hall–Kier alpha value is -0.490. The molecule has 0 aliphatic heterocycles. The highest BCUT2D eigenvalue weighted by Crippen LogP contribution is 2.29. The van der Waals surface area contributed by atoms with Gasteiger partial charge in [0.25, 0.3) is 0 Å². The third-order valence-corrected chi connectivity index (χ3v) is 4.69. The molecule has 1 aromatic carbocycles.